The van der Waals surface area contributed by atoms with Crippen molar-refractivity contribution in [2.45, 2.75) is 58.2 Å². The van der Waals surface area contributed by atoms with E-state index < -0.39 is 17.6 Å². The molecule has 1 unspecified atom stereocenters. The van der Waals surface area contributed by atoms with Gasteiger partial charge in [0, 0.05) is 25.5 Å². The average molecular weight is 594 g/mol. The van der Waals surface area contributed by atoms with Crippen LogP contribution in [0.3, 0.4) is 0 Å². The van der Waals surface area contributed by atoms with Crippen LogP contribution in [-0.2, 0) is 25.6 Å². The summed E-state index contributed by atoms with van der Waals surface area (Å²) in [4.78, 5) is 25.6. The van der Waals surface area contributed by atoms with Crippen molar-refractivity contribution < 1.29 is 28.9 Å². The number of rotatable bonds is 13. The molecule has 0 radical (unpaired) electrons. The van der Waals surface area contributed by atoms with Crippen LogP contribution >= 0.6 is 15.9 Å². The number of anilines is 1. The number of amides is 1. The van der Waals surface area contributed by atoms with E-state index in [4.69, 9.17) is 14.2 Å². The molecule has 0 spiro atoms. The third-order valence-corrected chi connectivity index (χ3v) is 6.49. The second kappa shape index (κ2) is 14.4. The van der Waals surface area contributed by atoms with Gasteiger partial charge in [-0.1, -0.05) is 12.1 Å². The minimum Gasteiger partial charge on any atom is -0.463 e. The Bertz CT molecular complexity index is 1090. The first kappa shape index (κ1) is 29.8. The van der Waals surface area contributed by atoms with Gasteiger partial charge in [-0.3, -0.25) is 14.8 Å². The number of hydrogen-bond acceptors (Lipinski definition) is 8. The summed E-state index contributed by atoms with van der Waals surface area (Å²) in [6.07, 6.45) is 5.31. The van der Waals surface area contributed by atoms with Gasteiger partial charge in [0.2, 0.25) is 5.91 Å². The van der Waals surface area contributed by atoms with Crippen molar-refractivity contribution in [1.29, 1.82) is 0 Å². The van der Waals surface area contributed by atoms with Crippen molar-refractivity contribution in [3.63, 3.8) is 0 Å². The summed E-state index contributed by atoms with van der Waals surface area (Å²) < 4.78 is 18.9. The molecule has 2 aromatic rings. The molecule has 0 bridgehead atoms. The van der Waals surface area contributed by atoms with Gasteiger partial charge in [-0.25, -0.2) is 4.79 Å². The molecule has 1 aliphatic rings. The van der Waals surface area contributed by atoms with Crippen LogP contribution in [0.2, 0.25) is 0 Å². The van der Waals surface area contributed by atoms with E-state index in [0.29, 0.717) is 49.4 Å². The van der Waals surface area contributed by atoms with E-state index in [1.54, 1.807) is 43.8 Å². The summed E-state index contributed by atoms with van der Waals surface area (Å²) in [5, 5.41) is 20.6. The molecule has 208 valence electrons. The summed E-state index contributed by atoms with van der Waals surface area (Å²) in [5.74, 6) is 0.772. The number of halogens is 1. The molecular formula is C27H37BrN4O6. The molecule has 10 nitrogen and oxygen atoms in total. The Labute approximate surface area is 231 Å². The van der Waals surface area contributed by atoms with Gasteiger partial charge in [-0.05, 0) is 74.0 Å². The molecular weight excluding hydrogens is 556 g/mol. The SMILES string of the molecule is CCOC(=O)C=C(CNC(CC1CCOCC1)C(=O)Nc1ccn(CC(C)(C)O)n1)Oc1ccccc1Br. The summed E-state index contributed by atoms with van der Waals surface area (Å²) in [6.45, 7) is 7.10. The zero-order valence-corrected chi connectivity index (χ0v) is 23.7. The number of benzene rings is 1. The third kappa shape index (κ3) is 10.2. The Kier molecular flexibility index (Phi) is 11.3. The fourth-order valence-electron chi connectivity index (χ4n) is 4.05. The van der Waals surface area contributed by atoms with Gasteiger partial charge in [0.05, 0.1) is 41.9 Å². The van der Waals surface area contributed by atoms with E-state index in [1.165, 1.54) is 6.08 Å². The minimum atomic E-state index is -0.935. The molecule has 1 aliphatic heterocycles. The Morgan fingerprint density at radius 1 is 1.29 bits per heavy atom. The topological polar surface area (TPSA) is 124 Å². The number of ether oxygens (including phenoxy) is 3. The Hall–Kier alpha value is -2.73. The lowest BCUT2D eigenvalue weighted by Gasteiger charge is -2.27. The van der Waals surface area contributed by atoms with Gasteiger partial charge in [0.1, 0.15) is 11.5 Å². The lowest BCUT2D eigenvalue weighted by Crippen LogP contribution is -2.43. The summed E-state index contributed by atoms with van der Waals surface area (Å²) in [6, 6.07) is 8.42. The predicted molar refractivity (Wildman–Crippen MR) is 147 cm³/mol. The molecule has 1 aromatic carbocycles. The highest BCUT2D eigenvalue weighted by atomic mass is 79.9. The fourth-order valence-corrected chi connectivity index (χ4v) is 4.41. The molecule has 0 saturated carbocycles. The number of aliphatic hydroxyl groups is 1. The summed E-state index contributed by atoms with van der Waals surface area (Å²) >= 11 is 3.46. The maximum atomic E-state index is 13.4. The van der Waals surface area contributed by atoms with Gasteiger partial charge in [0.25, 0.3) is 0 Å². The van der Waals surface area contributed by atoms with Crippen LogP contribution < -0.4 is 15.4 Å². The van der Waals surface area contributed by atoms with Gasteiger partial charge in [-0.15, -0.1) is 0 Å². The summed E-state index contributed by atoms with van der Waals surface area (Å²) in [7, 11) is 0. The van der Waals surface area contributed by atoms with E-state index in [2.05, 4.69) is 31.7 Å². The van der Waals surface area contributed by atoms with Crippen LogP contribution in [0.15, 0.2) is 52.8 Å². The predicted octanol–water partition coefficient (Wildman–Crippen LogP) is 3.66. The van der Waals surface area contributed by atoms with Gasteiger partial charge in [-0.2, -0.15) is 5.10 Å². The molecule has 38 heavy (non-hydrogen) atoms. The zero-order valence-electron chi connectivity index (χ0n) is 22.1. The van der Waals surface area contributed by atoms with Crippen molar-refractivity contribution in [2.24, 2.45) is 5.92 Å². The first-order chi connectivity index (χ1) is 18.1. The molecule has 3 rings (SSSR count). The Morgan fingerprint density at radius 3 is 2.71 bits per heavy atom. The Balaban J connectivity index is 1.74. The minimum absolute atomic E-state index is 0.120. The van der Waals surface area contributed by atoms with Crippen molar-refractivity contribution in [3.05, 3.63) is 52.8 Å². The van der Waals surface area contributed by atoms with Crippen LogP contribution in [0, 0.1) is 5.92 Å². The number of para-hydroxylation sites is 1. The quantitative estimate of drug-likeness (QED) is 0.183. The van der Waals surface area contributed by atoms with Crippen molar-refractivity contribution >= 4 is 33.6 Å². The van der Waals surface area contributed by atoms with E-state index in [0.717, 1.165) is 17.3 Å². The third-order valence-electron chi connectivity index (χ3n) is 5.83. The molecule has 2 heterocycles. The van der Waals surface area contributed by atoms with Crippen molar-refractivity contribution in [3.8, 4) is 5.75 Å². The number of carbonyl (C=O) groups excluding carboxylic acids is 2. The molecule has 11 heteroatoms. The lowest BCUT2D eigenvalue weighted by molar-refractivity contribution is -0.137. The number of hydrogen-bond donors (Lipinski definition) is 3. The highest BCUT2D eigenvalue weighted by Crippen LogP contribution is 2.26. The second-order valence-electron chi connectivity index (χ2n) is 9.82. The monoisotopic (exact) mass is 592 g/mol. The maximum Gasteiger partial charge on any atom is 0.334 e. The highest BCUT2D eigenvalue weighted by molar-refractivity contribution is 9.10. The van der Waals surface area contributed by atoms with E-state index in [-0.39, 0.29) is 19.1 Å². The lowest BCUT2D eigenvalue weighted by atomic mass is 9.92. The maximum absolute atomic E-state index is 13.4. The van der Waals surface area contributed by atoms with Crippen molar-refractivity contribution in [2.75, 3.05) is 31.7 Å². The standard InChI is InChI=1S/C27H37BrN4O6/c1-4-37-25(33)16-20(38-23-8-6-5-7-21(23)28)17-29-22(15-19-10-13-36-14-11-19)26(34)30-24-9-12-32(31-24)18-27(2,3)35/h5-9,12,16,19,22,29,35H,4,10-11,13-15,17-18H2,1-3H3,(H,30,31,34). The zero-order chi connectivity index (χ0) is 27.5. The molecule has 1 atom stereocenters. The normalized spacial score (nSPS) is 15.7. The van der Waals surface area contributed by atoms with E-state index >= 15 is 0 Å². The first-order valence-electron chi connectivity index (χ1n) is 12.8. The highest BCUT2D eigenvalue weighted by Gasteiger charge is 2.26. The molecule has 1 aromatic heterocycles. The van der Waals surface area contributed by atoms with Gasteiger partial charge >= 0.3 is 5.97 Å². The second-order valence-corrected chi connectivity index (χ2v) is 10.7. The smallest absolute Gasteiger partial charge is 0.334 e. The molecule has 3 N–H and O–H groups in total. The van der Waals surface area contributed by atoms with Crippen molar-refractivity contribution in [1.82, 2.24) is 15.1 Å². The average Bonchev–Trinajstić information content (AvgIpc) is 3.28. The van der Waals surface area contributed by atoms with Crippen LogP contribution in [-0.4, -0.2) is 64.8 Å². The Morgan fingerprint density at radius 2 is 2.03 bits per heavy atom. The number of esters is 1. The molecule has 1 amide bonds. The number of nitrogens with one attached hydrogen (secondary N) is 2. The van der Waals surface area contributed by atoms with E-state index in [1.807, 2.05) is 18.2 Å². The van der Waals surface area contributed by atoms with E-state index in [9.17, 15) is 14.7 Å². The molecule has 1 fully saturated rings. The number of aromatic nitrogens is 2. The fraction of sp³-hybridized carbons (Fsp3) is 0.519. The number of nitrogens with zero attached hydrogens (tertiary/aromatic N) is 2. The number of carbonyl (C=O) groups is 2. The van der Waals surface area contributed by atoms with Crippen LogP contribution in [0.25, 0.3) is 0 Å². The van der Waals surface area contributed by atoms with Crippen LogP contribution in [0.5, 0.6) is 5.75 Å². The van der Waals surface area contributed by atoms with Gasteiger partial charge in [0.15, 0.2) is 5.82 Å². The molecule has 1 saturated heterocycles. The summed E-state index contributed by atoms with van der Waals surface area (Å²) in [5.41, 5.74) is -0.935. The van der Waals surface area contributed by atoms with Crippen LogP contribution in [0.1, 0.15) is 40.0 Å². The van der Waals surface area contributed by atoms with Gasteiger partial charge < -0.3 is 24.6 Å². The van der Waals surface area contributed by atoms with Crippen LogP contribution in [0.4, 0.5) is 5.82 Å². The largest absolute Gasteiger partial charge is 0.463 e. The molecule has 0 aliphatic carbocycles. The first-order valence-corrected chi connectivity index (χ1v) is 13.6.